The van der Waals surface area contributed by atoms with Crippen molar-refractivity contribution in [3.63, 3.8) is 0 Å². The molecule has 0 unspecified atom stereocenters. The molecule has 0 aromatic heterocycles. The second-order valence-electron chi connectivity index (χ2n) is 4.25. The lowest BCUT2D eigenvalue weighted by Crippen LogP contribution is -2.24. The average Bonchev–Trinajstić information content (AvgIpc) is 2.42. The summed E-state index contributed by atoms with van der Waals surface area (Å²) >= 11 is 0. The zero-order valence-electron chi connectivity index (χ0n) is 11.7. The van der Waals surface area contributed by atoms with Gasteiger partial charge in [-0.1, -0.05) is 36.2 Å². The number of anilines is 1. The van der Waals surface area contributed by atoms with E-state index in [1.807, 2.05) is 26.0 Å². The van der Waals surface area contributed by atoms with E-state index >= 15 is 0 Å². The Morgan fingerprint density at radius 3 is 2.65 bits per heavy atom. The van der Waals surface area contributed by atoms with Crippen molar-refractivity contribution in [1.29, 1.82) is 0 Å². The van der Waals surface area contributed by atoms with Gasteiger partial charge in [0.15, 0.2) is 0 Å². The molecule has 0 saturated heterocycles. The molecule has 6 nitrogen and oxygen atoms in total. The number of hydrogen-bond donors (Lipinski definition) is 2. The summed E-state index contributed by atoms with van der Waals surface area (Å²) in [4.78, 5) is 27.1. The van der Waals surface area contributed by atoms with Gasteiger partial charge in [-0.3, -0.25) is 9.63 Å². The zero-order valence-corrected chi connectivity index (χ0v) is 11.7. The van der Waals surface area contributed by atoms with Crippen molar-refractivity contribution < 1.29 is 14.4 Å². The van der Waals surface area contributed by atoms with Crippen LogP contribution in [0.4, 0.5) is 10.5 Å². The number of nitrogens with zero attached hydrogens (tertiary/aromatic N) is 1. The van der Waals surface area contributed by atoms with Gasteiger partial charge < -0.3 is 10.6 Å². The van der Waals surface area contributed by atoms with E-state index in [0.717, 1.165) is 24.6 Å². The van der Waals surface area contributed by atoms with Crippen LogP contribution in [0.15, 0.2) is 29.4 Å². The fourth-order valence-corrected chi connectivity index (χ4v) is 1.33. The van der Waals surface area contributed by atoms with Crippen LogP contribution < -0.4 is 10.6 Å². The Kier molecular flexibility index (Phi) is 6.81. The van der Waals surface area contributed by atoms with E-state index in [1.54, 1.807) is 12.1 Å². The first-order valence-electron chi connectivity index (χ1n) is 6.47. The van der Waals surface area contributed by atoms with Crippen LogP contribution >= 0.6 is 0 Å². The Labute approximate surface area is 118 Å². The molecule has 0 spiro atoms. The molecule has 6 heteroatoms. The molecule has 1 aromatic carbocycles. The molecule has 2 amide bonds. The summed E-state index contributed by atoms with van der Waals surface area (Å²) in [6.45, 7) is 4.50. The van der Waals surface area contributed by atoms with E-state index in [4.69, 9.17) is 0 Å². The number of amides is 2. The van der Waals surface area contributed by atoms with E-state index in [9.17, 15) is 9.59 Å². The molecule has 0 radical (unpaired) electrons. The van der Waals surface area contributed by atoms with Crippen LogP contribution in [-0.2, 0) is 9.63 Å². The highest BCUT2D eigenvalue weighted by molar-refractivity contribution is 6.31. The van der Waals surface area contributed by atoms with Crippen molar-refractivity contribution in [2.45, 2.75) is 26.7 Å². The van der Waals surface area contributed by atoms with Gasteiger partial charge in [0.25, 0.3) is 5.91 Å². The van der Waals surface area contributed by atoms with Gasteiger partial charge in [-0.25, -0.2) is 4.79 Å². The van der Waals surface area contributed by atoms with Crippen LogP contribution in [0.5, 0.6) is 0 Å². The quantitative estimate of drug-likeness (QED) is 0.363. The maximum atomic E-state index is 11.5. The molecule has 0 saturated carbocycles. The number of carbonyl (C=O) groups is 2. The molecular weight excluding hydrogens is 258 g/mol. The molecule has 0 fully saturated rings. The zero-order chi connectivity index (χ0) is 14.8. The first-order chi connectivity index (χ1) is 9.61. The van der Waals surface area contributed by atoms with Crippen molar-refractivity contribution in [3.8, 4) is 0 Å². The number of hydrogen-bond acceptors (Lipinski definition) is 4. The van der Waals surface area contributed by atoms with Crippen molar-refractivity contribution in [1.82, 2.24) is 5.32 Å². The molecule has 20 heavy (non-hydrogen) atoms. The van der Waals surface area contributed by atoms with Crippen LogP contribution in [0.25, 0.3) is 0 Å². The summed E-state index contributed by atoms with van der Waals surface area (Å²) in [6.07, 6.45) is 2.09. The minimum Gasteiger partial charge on any atom is -0.321 e. The fourth-order valence-electron chi connectivity index (χ4n) is 1.33. The molecule has 0 aliphatic heterocycles. The molecule has 1 aromatic rings. The van der Waals surface area contributed by atoms with E-state index in [0.29, 0.717) is 12.2 Å². The first kappa shape index (κ1) is 15.7. The number of unbranched alkanes of at least 4 members (excludes halogenated alkanes) is 1. The number of nitrogens with one attached hydrogen (secondary N) is 2. The number of oxime groups is 1. The highest BCUT2D eigenvalue weighted by Crippen LogP contribution is 2.07. The lowest BCUT2D eigenvalue weighted by Gasteiger charge is -2.02. The second-order valence-corrected chi connectivity index (χ2v) is 4.25. The molecule has 0 heterocycles. The molecule has 0 aliphatic carbocycles. The third kappa shape index (κ3) is 6.53. The van der Waals surface area contributed by atoms with Gasteiger partial charge in [0, 0.05) is 12.2 Å². The largest absolute Gasteiger partial charge is 0.433 e. The molecule has 108 valence electrons. The van der Waals surface area contributed by atoms with Gasteiger partial charge in [-0.15, -0.1) is 0 Å². The Morgan fingerprint density at radius 1 is 1.30 bits per heavy atom. The molecule has 0 atom stereocenters. The number of aryl methyl sites for hydroxylation is 1. The third-order valence-electron chi connectivity index (χ3n) is 2.42. The first-order valence-corrected chi connectivity index (χ1v) is 6.47. The van der Waals surface area contributed by atoms with E-state index < -0.39 is 12.0 Å². The van der Waals surface area contributed by atoms with Gasteiger partial charge in [-0.2, -0.15) is 0 Å². The van der Waals surface area contributed by atoms with Crippen molar-refractivity contribution in [3.05, 3.63) is 29.8 Å². The Morgan fingerprint density at radius 2 is 2.00 bits per heavy atom. The van der Waals surface area contributed by atoms with Crippen LogP contribution in [0.1, 0.15) is 25.3 Å². The van der Waals surface area contributed by atoms with E-state index in [2.05, 4.69) is 20.6 Å². The summed E-state index contributed by atoms with van der Waals surface area (Å²) in [5, 5.41) is 8.42. The van der Waals surface area contributed by atoms with Gasteiger partial charge in [0.05, 0.1) is 0 Å². The van der Waals surface area contributed by atoms with Crippen molar-refractivity contribution in [2.24, 2.45) is 5.16 Å². The average molecular weight is 277 g/mol. The highest BCUT2D eigenvalue weighted by atomic mass is 16.7. The molecular formula is C14H19N3O3. The normalized spacial score (nSPS) is 10.3. The summed E-state index contributed by atoms with van der Waals surface area (Å²) < 4.78 is 0. The number of rotatable bonds is 6. The lowest BCUT2D eigenvalue weighted by atomic mass is 10.2. The Balaban J connectivity index is 2.29. The van der Waals surface area contributed by atoms with Crippen molar-refractivity contribution >= 4 is 23.9 Å². The predicted molar refractivity (Wildman–Crippen MR) is 77.7 cm³/mol. The summed E-state index contributed by atoms with van der Waals surface area (Å²) in [6, 6.07) is 7.31. The van der Waals surface area contributed by atoms with Crippen LogP contribution in [0.2, 0.25) is 0 Å². The molecule has 2 N–H and O–H groups in total. The minimum atomic E-state index is -0.669. The SMILES string of the molecule is CCCCNC(=O)ON=CC(=O)Nc1ccc(C)cc1. The summed E-state index contributed by atoms with van der Waals surface area (Å²) in [5.41, 5.74) is 1.75. The fraction of sp³-hybridized carbons (Fsp3) is 0.357. The second kappa shape index (κ2) is 8.68. The van der Waals surface area contributed by atoms with E-state index in [-0.39, 0.29) is 0 Å². The predicted octanol–water partition coefficient (Wildman–Crippen LogP) is 2.45. The van der Waals surface area contributed by atoms with Gasteiger partial charge in [0.2, 0.25) is 0 Å². The van der Waals surface area contributed by atoms with Crippen LogP contribution in [0.3, 0.4) is 0 Å². The number of benzene rings is 1. The van der Waals surface area contributed by atoms with Gasteiger partial charge in [-0.05, 0) is 25.5 Å². The Hall–Kier alpha value is -2.37. The van der Waals surface area contributed by atoms with Crippen LogP contribution in [0, 0.1) is 6.92 Å². The monoisotopic (exact) mass is 277 g/mol. The maximum Gasteiger partial charge on any atom is 0.433 e. The summed E-state index contributed by atoms with van der Waals surface area (Å²) in [5.74, 6) is -0.463. The summed E-state index contributed by atoms with van der Waals surface area (Å²) in [7, 11) is 0. The maximum absolute atomic E-state index is 11.5. The lowest BCUT2D eigenvalue weighted by molar-refractivity contribution is -0.110. The molecule has 0 bridgehead atoms. The topological polar surface area (TPSA) is 79.8 Å². The van der Waals surface area contributed by atoms with E-state index in [1.165, 1.54) is 0 Å². The standard InChI is InChI=1S/C14H19N3O3/c1-3-4-9-15-14(19)20-16-10-13(18)17-12-7-5-11(2)6-8-12/h5-8,10H,3-4,9H2,1-2H3,(H,15,19)(H,17,18). The molecule has 0 aliphatic rings. The highest BCUT2D eigenvalue weighted by Gasteiger charge is 2.01. The van der Waals surface area contributed by atoms with Gasteiger partial charge >= 0.3 is 6.09 Å². The number of carbonyl (C=O) groups excluding carboxylic acids is 2. The third-order valence-corrected chi connectivity index (χ3v) is 2.42. The molecule has 1 rings (SSSR count). The minimum absolute atomic E-state index is 0.463. The van der Waals surface area contributed by atoms with Gasteiger partial charge in [0.1, 0.15) is 6.21 Å². The Bertz CT molecular complexity index is 469. The van der Waals surface area contributed by atoms with Crippen LogP contribution in [-0.4, -0.2) is 24.8 Å². The van der Waals surface area contributed by atoms with Crippen molar-refractivity contribution in [2.75, 3.05) is 11.9 Å². The smallest absolute Gasteiger partial charge is 0.321 e.